The molecule has 0 radical (unpaired) electrons. The van der Waals surface area contributed by atoms with Crippen molar-refractivity contribution >= 4 is 6.08 Å². The number of hydrogen-bond acceptors (Lipinski definition) is 2. The van der Waals surface area contributed by atoms with Gasteiger partial charge in [-0.2, -0.15) is 5.26 Å². The second-order valence-electron chi connectivity index (χ2n) is 4.32. The van der Waals surface area contributed by atoms with Crippen molar-refractivity contribution < 1.29 is 4.74 Å². The van der Waals surface area contributed by atoms with Gasteiger partial charge >= 0.3 is 0 Å². The standard InChI is InChI=1S/C16H21NO/c1-2-3-5-10-16(14-18-12-11-17)13-15-8-6-4-7-9-15/h4,6-9,13H,2-3,5,10,12,14H2,1H3/b16-13+. The minimum atomic E-state index is 0.167. The lowest BCUT2D eigenvalue weighted by Gasteiger charge is -2.07. The first-order valence-electron chi connectivity index (χ1n) is 6.56. The first-order valence-corrected chi connectivity index (χ1v) is 6.56. The highest BCUT2D eigenvalue weighted by Gasteiger charge is 1.99. The maximum atomic E-state index is 8.49. The summed E-state index contributed by atoms with van der Waals surface area (Å²) in [6.07, 6.45) is 6.87. The molecule has 0 saturated heterocycles. The quantitative estimate of drug-likeness (QED) is 0.641. The fraction of sp³-hybridized carbons (Fsp3) is 0.438. The van der Waals surface area contributed by atoms with Crippen LogP contribution in [0.15, 0.2) is 35.9 Å². The summed E-state index contributed by atoms with van der Waals surface area (Å²) in [6, 6.07) is 12.3. The summed E-state index contributed by atoms with van der Waals surface area (Å²) in [7, 11) is 0. The van der Waals surface area contributed by atoms with Gasteiger partial charge in [0.25, 0.3) is 0 Å². The predicted octanol–water partition coefficient (Wildman–Crippen LogP) is 4.19. The van der Waals surface area contributed by atoms with E-state index in [1.807, 2.05) is 24.3 Å². The minimum absolute atomic E-state index is 0.167. The minimum Gasteiger partial charge on any atom is -0.362 e. The molecule has 96 valence electrons. The molecule has 0 spiro atoms. The molecule has 0 aromatic heterocycles. The van der Waals surface area contributed by atoms with Crippen molar-refractivity contribution in [3.63, 3.8) is 0 Å². The summed E-state index contributed by atoms with van der Waals surface area (Å²) in [5, 5.41) is 8.49. The van der Waals surface area contributed by atoms with E-state index in [9.17, 15) is 0 Å². The van der Waals surface area contributed by atoms with Gasteiger partial charge in [0, 0.05) is 0 Å². The monoisotopic (exact) mass is 243 g/mol. The highest BCUT2D eigenvalue weighted by molar-refractivity contribution is 5.52. The van der Waals surface area contributed by atoms with E-state index < -0.39 is 0 Å². The number of nitrogens with zero attached hydrogens (tertiary/aromatic N) is 1. The zero-order valence-corrected chi connectivity index (χ0v) is 11.1. The Labute approximate surface area is 110 Å². The van der Waals surface area contributed by atoms with Gasteiger partial charge in [0.15, 0.2) is 0 Å². The van der Waals surface area contributed by atoms with Crippen LogP contribution >= 0.6 is 0 Å². The number of nitriles is 1. The molecular weight excluding hydrogens is 222 g/mol. The number of rotatable bonds is 8. The Morgan fingerprint density at radius 2 is 2.06 bits per heavy atom. The molecule has 2 nitrogen and oxygen atoms in total. The third kappa shape index (κ3) is 6.22. The lowest BCUT2D eigenvalue weighted by atomic mass is 10.0. The lowest BCUT2D eigenvalue weighted by Crippen LogP contribution is -1.99. The van der Waals surface area contributed by atoms with Gasteiger partial charge in [-0.25, -0.2) is 0 Å². The fourth-order valence-electron chi connectivity index (χ4n) is 1.80. The van der Waals surface area contributed by atoms with E-state index >= 15 is 0 Å². The average Bonchev–Trinajstić information content (AvgIpc) is 2.40. The van der Waals surface area contributed by atoms with Gasteiger partial charge in [0.05, 0.1) is 12.7 Å². The maximum Gasteiger partial charge on any atom is 0.134 e. The van der Waals surface area contributed by atoms with E-state index in [0.29, 0.717) is 6.61 Å². The van der Waals surface area contributed by atoms with E-state index in [1.165, 1.54) is 30.4 Å². The summed E-state index contributed by atoms with van der Waals surface area (Å²) in [5.41, 5.74) is 2.47. The van der Waals surface area contributed by atoms with Crippen LogP contribution in [0.3, 0.4) is 0 Å². The molecule has 0 N–H and O–H groups in total. The third-order valence-corrected chi connectivity index (χ3v) is 2.73. The van der Waals surface area contributed by atoms with Gasteiger partial charge in [-0.1, -0.05) is 56.2 Å². The van der Waals surface area contributed by atoms with Crippen LogP contribution in [0, 0.1) is 11.3 Å². The normalized spacial score (nSPS) is 11.2. The number of unbranched alkanes of at least 4 members (excludes halogenated alkanes) is 2. The molecular formula is C16H21NO. The highest BCUT2D eigenvalue weighted by Crippen LogP contribution is 2.14. The van der Waals surface area contributed by atoms with Crippen molar-refractivity contribution in [2.75, 3.05) is 13.2 Å². The van der Waals surface area contributed by atoms with Gasteiger partial charge in [-0.15, -0.1) is 0 Å². The Hall–Kier alpha value is -1.59. The molecule has 0 heterocycles. The van der Waals surface area contributed by atoms with Gasteiger partial charge in [0.1, 0.15) is 6.61 Å². The molecule has 18 heavy (non-hydrogen) atoms. The molecule has 1 aromatic carbocycles. The SMILES string of the molecule is CCCCC/C(=C\c1ccccc1)COCC#N. The zero-order chi connectivity index (χ0) is 13.1. The molecule has 0 unspecified atom stereocenters. The molecule has 0 aliphatic rings. The number of hydrogen-bond donors (Lipinski definition) is 0. The van der Waals surface area contributed by atoms with Crippen LogP contribution < -0.4 is 0 Å². The van der Waals surface area contributed by atoms with E-state index in [1.54, 1.807) is 0 Å². The first-order chi connectivity index (χ1) is 8.86. The van der Waals surface area contributed by atoms with Crippen molar-refractivity contribution in [3.05, 3.63) is 41.5 Å². The Bertz CT molecular complexity index is 389. The van der Waals surface area contributed by atoms with Crippen molar-refractivity contribution in [3.8, 4) is 6.07 Å². The molecule has 0 amide bonds. The molecule has 1 aromatic rings. The smallest absolute Gasteiger partial charge is 0.134 e. The van der Waals surface area contributed by atoms with Crippen molar-refractivity contribution in [2.45, 2.75) is 32.6 Å². The zero-order valence-electron chi connectivity index (χ0n) is 11.1. The molecule has 2 heteroatoms. The van der Waals surface area contributed by atoms with Gasteiger partial charge < -0.3 is 4.74 Å². The largest absolute Gasteiger partial charge is 0.362 e. The average molecular weight is 243 g/mol. The third-order valence-electron chi connectivity index (χ3n) is 2.73. The summed E-state index contributed by atoms with van der Waals surface area (Å²) in [4.78, 5) is 0. The van der Waals surface area contributed by atoms with E-state index in [2.05, 4.69) is 25.1 Å². The molecule has 0 saturated carbocycles. The Balaban J connectivity index is 2.58. The van der Waals surface area contributed by atoms with Crippen LogP contribution in [-0.4, -0.2) is 13.2 Å². The topological polar surface area (TPSA) is 33.0 Å². The van der Waals surface area contributed by atoms with E-state index in [0.717, 1.165) is 6.42 Å². The summed E-state index contributed by atoms with van der Waals surface area (Å²) >= 11 is 0. The molecule has 0 bridgehead atoms. The number of benzene rings is 1. The maximum absolute atomic E-state index is 8.49. The Morgan fingerprint density at radius 1 is 1.28 bits per heavy atom. The molecule has 0 aliphatic heterocycles. The predicted molar refractivity (Wildman–Crippen MR) is 75.0 cm³/mol. The number of ether oxygens (including phenoxy) is 1. The van der Waals surface area contributed by atoms with Gasteiger partial charge in [0.2, 0.25) is 0 Å². The summed E-state index contributed by atoms with van der Waals surface area (Å²) in [6.45, 7) is 2.93. The van der Waals surface area contributed by atoms with Crippen molar-refractivity contribution in [1.29, 1.82) is 5.26 Å². The van der Waals surface area contributed by atoms with Crippen molar-refractivity contribution in [2.24, 2.45) is 0 Å². The molecule has 0 fully saturated rings. The molecule has 1 rings (SSSR count). The first kappa shape index (κ1) is 14.5. The van der Waals surface area contributed by atoms with Crippen LogP contribution in [0.4, 0.5) is 0 Å². The van der Waals surface area contributed by atoms with E-state index in [-0.39, 0.29) is 6.61 Å². The van der Waals surface area contributed by atoms with Gasteiger partial charge in [-0.05, 0) is 24.0 Å². The van der Waals surface area contributed by atoms with Gasteiger partial charge in [-0.3, -0.25) is 0 Å². The van der Waals surface area contributed by atoms with Crippen LogP contribution in [0.25, 0.3) is 6.08 Å². The second kappa shape index (κ2) is 9.44. The van der Waals surface area contributed by atoms with Crippen molar-refractivity contribution in [1.82, 2.24) is 0 Å². The Kier molecular flexibility index (Phi) is 7.59. The molecule has 0 atom stereocenters. The van der Waals surface area contributed by atoms with Crippen LogP contribution in [0.5, 0.6) is 0 Å². The summed E-state index contributed by atoms with van der Waals surface area (Å²) in [5.74, 6) is 0. The second-order valence-corrected chi connectivity index (χ2v) is 4.32. The van der Waals surface area contributed by atoms with Crippen LogP contribution in [-0.2, 0) is 4.74 Å². The Morgan fingerprint density at radius 3 is 2.72 bits per heavy atom. The lowest BCUT2D eigenvalue weighted by molar-refractivity contribution is 0.188. The highest BCUT2D eigenvalue weighted by atomic mass is 16.5. The fourth-order valence-corrected chi connectivity index (χ4v) is 1.80. The van der Waals surface area contributed by atoms with E-state index in [4.69, 9.17) is 10.00 Å². The van der Waals surface area contributed by atoms with Crippen LogP contribution in [0.2, 0.25) is 0 Å². The summed E-state index contributed by atoms with van der Waals surface area (Å²) < 4.78 is 5.32. The molecule has 0 aliphatic carbocycles. The van der Waals surface area contributed by atoms with Crippen LogP contribution in [0.1, 0.15) is 38.2 Å².